The summed E-state index contributed by atoms with van der Waals surface area (Å²) in [7, 11) is 1.61. The summed E-state index contributed by atoms with van der Waals surface area (Å²) >= 11 is 0. The molecule has 0 spiro atoms. The van der Waals surface area contributed by atoms with Gasteiger partial charge in [0.05, 0.1) is 6.61 Å². The van der Waals surface area contributed by atoms with Gasteiger partial charge in [0.1, 0.15) is 0 Å². The number of hydrogen-bond acceptors (Lipinski definition) is 2. The Balaban J connectivity index is 2.51. The highest BCUT2D eigenvalue weighted by molar-refractivity contribution is 6.09. The largest absolute Gasteiger partial charge is 0.384 e. The van der Waals surface area contributed by atoms with E-state index >= 15 is 0 Å². The van der Waals surface area contributed by atoms with E-state index in [-0.39, 0.29) is 5.78 Å². The molecule has 0 saturated heterocycles. The van der Waals surface area contributed by atoms with Crippen LogP contribution in [0.4, 0.5) is 0 Å². The third-order valence-electron chi connectivity index (χ3n) is 2.95. The molecule has 0 aliphatic heterocycles. The fraction of sp³-hybridized carbons (Fsp3) is 0.267. The number of aryl methyl sites for hydroxylation is 1. The highest BCUT2D eigenvalue weighted by Crippen LogP contribution is 2.23. The van der Waals surface area contributed by atoms with Crippen molar-refractivity contribution in [2.45, 2.75) is 13.3 Å². The minimum atomic E-state index is 0.154. The smallest absolute Gasteiger partial charge is 0.166 e. The SMILES string of the molecule is COCCC(=O)c1c(C)ccc2ccccc12. The van der Waals surface area contributed by atoms with E-state index in [0.29, 0.717) is 13.0 Å². The number of benzene rings is 2. The number of methoxy groups -OCH3 is 1. The summed E-state index contributed by atoms with van der Waals surface area (Å²) < 4.78 is 4.97. The van der Waals surface area contributed by atoms with Crippen LogP contribution in [0.15, 0.2) is 36.4 Å². The van der Waals surface area contributed by atoms with E-state index in [4.69, 9.17) is 4.74 Å². The van der Waals surface area contributed by atoms with Gasteiger partial charge in [-0.2, -0.15) is 0 Å². The molecule has 0 aliphatic carbocycles. The quantitative estimate of drug-likeness (QED) is 0.750. The molecule has 0 aromatic heterocycles. The maximum Gasteiger partial charge on any atom is 0.166 e. The monoisotopic (exact) mass is 228 g/mol. The van der Waals surface area contributed by atoms with Gasteiger partial charge in [0.2, 0.25) is 0 Å². The zero-order valence-corrected chi connectivity index (χ0v) is 10.2. The third-order valence-corrected chi connectivity index (χ3v) is 2.95. The van der Waals surface area contributed by atoms with E-state index in [1.807, 2.05) is 37.3 Å². The molecule has 2 aromatic rings. The molecule has 2 nitrogen and oxygen atoms in total. The number of rotatable bonds is 4. The average molecular weight is 228 g/mol. The summed E-state index contributed by atoms with van der Waals surface area (Å²) in [6.45, 7) is 2.45. The molecule has 0 saturated carbocycles. The van der Waals surface area contributed by atoms with Crippen LogP contribution in [-0.4, -0.2) is 19.5 Å². The van der Waals surface area contributed by atoms with Crippen molar-refractivity contribution in [1.29, 1.82) is 0 Å². The fourth-order valence-electron chi connectivity index (χ4n) is 2.07. The van der Waals surface area contributed by atoms with E-state index in [2.05, 4.69) is 6.07 Å². The topological polar surface area (TPSA) is 26.3 Å². The van der Waals surface area contributed by atoms with Crippen LogP contribution >= 0.6 is 0 Å². The average Bonchev–Trinajstić information content (AvgIpc) is 2.35. The number of hydrogen-bond donors (Lipinski definition) is 0. The number of carbonyl (C=O) groups excluding carboxylic acids is 1. The molecule has 0 amide bonds. The lowest BCUT2D eigenvalue weighted by atomic mass is 9.95. The molecule has 88 valence electrons. The molecular weight excluding hydrogens is 212 g/mol. The van der Waals surface area contributed by atoms with Crippen molar-refractivity contribution in [3.05, 3.63) is 47.5 Å². The molecule has 17 heavy (non-hydrogen) atoms. The van der Waals surface area contributed by atoms with Crippen molar-refractivity contribution in [2.75, 3.05) is 13.7 Å². The molecule has 2 heteroatoms. The zero-order valence-electron chi connectivity index (χ0n) is 10.2. The molecule has 0 atom stereocenters. The second-order valence-corrected chi connectivity index (χ2v) is 4.14. The minimum Gasteiger partial charge on any atom is -0.384 e. The predicted molar refractivity (Wildman–Crippen MR) is 69.5 cm³/mol. The fourth-order valence-corrected chi connectivity index (χ4v) is 2.07. The summed E-state index contributed by atoms with van der Waals surface area (Å²) in [6.07, 6.45) is 0.436. The van der Waals surface area contributed by atoms with Crippen LogP contribution in [0.5, 0.6) is 0 Å². The summed E-state index contributed by atoms with van der Waals surface area (Å²) in [5.74, 6) is 0.154. The number of ether oxygens (including phenoxy) is 1. The van der Waals surface area contributed by atoms with E-state index in [9.17, 15) is 4.79 Å². The lowest BCUT2D eigenvalue weighted by Gasteiger charge is -2.09. The Kier molecular flexibility index (Phi) is 3.55. The van der Waals surface area contributed by atoms with Gasteiger partial charge in [-0.05, 0) is 23.3 Å². The Labute approximate surface area is 101 Å². The molecule has 2 aromatic carbocycles. The van der Waals surface area contributed by atoms with E-state index < -0.39 is 0 Å². The number of ketones is 1. The first kappa shape index (κ1) is 11.8. The van der Waals surface area contributed by atoms with Crippen LogP contribution in [-0.2, 0) is 4.74 Å². The zero-order chi connectivity index (χ0) is 12.3. The van der Waals surface area contributed by atoms with Gasteiger partial charge in [0.25, 0.3) is 0 Å². The van der Waals surface area contributed by atoms with Crippen LogP contribution in [0.2, 0.25) is 0 Å². The summed E-state index contributed by atoms with van der Waals surface area (Å²) in [5.41, 5.74) is 1.87. The van der Waals surface area contributed by atoms with Crippen LogP contribution < -0.4 is 0 Å². The van der Waals surface area contributed by atoms with Crippen molar-refractivity contribution < 1.29 is 9.53 Å². The summed E-state index contributed by atoms with van der Waals surface area (Å²) in [6, 6.07) is 12.0. The molecule has 0 heterocycles. The summed E-state index contributed by atoms with van der Waals surface area (Å²) in [5, 5.41) is 2.15. The standard InChI is InChI=1S/C15H16O2/c1-11-7-8-12-5-3-4-6-13(12)15(11)14(16)9-10-17-2/h3-8H,9-10H2,1-2H3. The molecule has 2 rings (SSSR count). The van der Waals surface area contributed by atoms with E-state index in [0.717, 1.165) is 21.9 Å². The van der Waals surface area contributed by atoms with Crippen LogP contribution in [0.3, 0.4) is 0 Å². The van der Waals surface area contributed by atoms with Gasteiger partial charge in [0, 0.05) is 19.1 Å². The van der Waals surface area contributed by atoms with Crippen molar-refractivity contribution >= 4 is 16.6 Å². The van der Waals surface area contributed by atoms with Gasteiger partial charge in [-0.1, -0.05) is 36.4 Å². The maximum atomic E-state index is 12.2. The number of fused-ring (bicyclic) bond motifs is 1. The second kappa shape index (κ2) is 5.11. The Bertz CT molecular complexity index is 544. The Morgan fingerprint density at radius 2 is 1.94 bits per heavy atom. The van der Waals surface area contributed by atoms with Gasteiger partial charge >= 0.3 is 0 Å². The Morgan fingerprint density at radius 3 is 2.71 bits per heavy atom. The van der Waals surface area contributed by atoms with Crippen molar-refractivity contribution in [3.8, 4) is 0 Å². The highest BCUT2D eigenvalue weighted by atomic mass is 16.5. The van der Waals surface area contributed by atoms with Gasteiger partial charge in [-0.15, -0.1) is 0 Å². The number of carbonyl (C=O) groups is 1. The lowest BCUT2D eigenvalue weighted by Crippen LogP contribution is -2.06. The molecule has 0 fully saturated rings. The molecule has 0 bridgehead atoms. The van der Waals surface area contributed by atoms with Crippen LogP contribution in [0.25, 0.3) is 10.8 Å². The van der Waals surface area contributed by atoms with Crippen LogP contribution in [0, 0.1) is 6.92 Å². The molecular formula is C15H16O2. The first-order valence-corrected chi connectivity index (χ1v) is 5.74. The maximum absolute atomic E-state index is 12.2. The lowest BCUT2D eigenvalue weighted by molar-refractivity contribution is 0.0933. The minimum absolute atomic E-state index is 0.154. The molecule has 0 radical (unpaired) electrons. The summed E-state index contributed by atoms with van der Waals surface area (Å²) in [4.78, 5) is 12.2. The second-order valence-electron chi connectivity index (χ2n) is 4.14. The number of Topliss-reactive ketones (excluding diaryl/α,β-unsaturated/α-hetero) is 1. The van der Waals surface area contributed by atoms with Gasteiger partial charge in [0.15, 0.2) is 5.78 Å². The molecule has 0 unspecified atom stereocenters. The highest BCUT2D eigenvalue weighted by Gasteiger charge is 2.12. The van der Waals surface area contributed by atoms with E-state index in [1.54, 1.807) is 7.11 Å². The van der Waals surface area contributed by atoms with Gasteiger partial charge in [-0.3, -0.25) is 4.79 Å². The first-order valence-electron chi connectivity index (χ1n) is 5.74. The molecule has 0 N–H and O–H groups in total. The van der Waals surface area contributed by atoms with Crippen molar-refractivity contribution in [1.82, 2.24) is 0 Å². The Hall–Kier alpha value is -1.67. The van der Waals surface area contributed by atoms with Crippen LogP contribution in [0.1, 0.15) is 22.3 Å². The first-order chi connectivity index (χ1) is 8.24. The third kappa shape index (κ3) is 2.37. The normalized spacial score (nSPS) is 10.7. The molecule has 0 aliphatic rings. The van der Waals surface area contributed by atoms with Crippen molar-refractivity contribution in [3.63, 3.8) is 0 Å². The predicted octanol–water partition coefficient (Wildman–Crippen LogP) is 3.37. The van der Waals surface area contributed by atoms with Gasteiger partial charge in [-0.25, -0.2) is 0 Å². The Morgan fingerprint density at radius 1 is 1.18 bits per heavy atom. The van der Waals surface area contributed by atoms with Gasteiger partial charge < -0.3 is 4.74 Å². The van der Waals surface area contributed by atoms with E-state index in [1.165, 1.54) is 0 Å². The van der Waals surface area contributed by atoms with Crippen molar-refractivity contribution in [2.24, 2.45) is 0 Å².